The second-order valence-corrected chi connectivity index (χ2v) is 4.88. The number of amides is 1. The van der Waals surface area contributed by atoms with Gasteiger partial charge in [0.1, 0.15) is 11.6 Å². The Hall–Kier alpha value is -2.31. The van der Waals surface area contributed by atoms with E-state index in [1.807, 2.05) is 0 Å². The minimum atomic E-state index is -0.775. The zero-order valence-corrected chi connectivity index (χ0v) is 11.1. The molecule has 19 heavy (non-hydrogen) atoms. The lowest BCUT2D eigenvalue weighted by Crippen LogP contribution is -2.40. The molecule has 0 saturated carbocycles. The number of nitrogens with zero attached hydrogens (tertiary/aromatic N) is 2. The first-order chi connectivity index (χ1) is 8.83. The lowest BCUT2D eigenvalue weighted by molar-refractivity contribution is 0.0516. The van der Waals surface area contributed by atoms with E-state index in [4.69, 9.17) is 15.7 Å². The Bertz CT molecular complexity index is 454. The number of nitrogens with two attached hydrogens (primary N) is 1. The van der Waals surface area contributed by atoms with Crippen molar-refractivity contribution in [2.24, 2.45) is 10.9 Å². The molecule has 7 heteroatoms. The van der Waals surface area contributed by atoms with Crippen LogP contribution >= 0.6 is 0 Å². The molecule has 1 aromatic rings. The Kier molecular flexibility index (Phi) is 4.68. The molecule has 0 fully saturated rings. The van der Waals surface area contributed by atoms with Crippen LogP contribution in [-0.4, -0.2) is 27.7 Å². The van der Waals surface area contributed by atoms with Gasteiger partial charge in [-0.1, -0.05) is 5.16 Å². The minimum absolute atomic E-state index is 0.142. The Balaban J connectivity index is 2.86. The number of aromatic nitrogens is 1. The fourth-order valence-electron chi connectivity index (χ4n) is 1.37. The van der Waals surface area contributed by atoms with Crippen molar-refractivity contribution in [1.29, 1.82) is 0 Å². The van der Waals surface area contributed by atoms with Gasteiger partial charge in [-0.3, -0.25) is 4.98 Å². The summed E-state index contributed by atoms with van der Waals surface area (Å²) in [6.45, 7) is 5.24. The number of oxime groups is 1. The smallest absolute Gasteiger partial charge is 0.408 e. The van der Waals surface area contributed by atoms with Crippen molar-refractivity contribution in [1.82, 2.24) is 10.3 Å². The topological polar surface area (TPSA) is 110 Å². The molecule has 0 unspecified atom stereocenters. The fourth-order valence-corrected chi connectivity index (χ4v) is 1.37. The van der Waals surface area contributed by atoms with Crippen molar-refractivity contribution in [3.8, 4) is 0 Å². The highest BCUT2D eigenvalue weighted by atomic mass is 16.6. The molecule has 4 N–H and O–H groups in total. The molecule has 0 spiro atoms. The van der Waals surface area contributed by atoms with Crippen LogP contribution in [0.15, 0.2) is 29.7 Å². The van der Waals surface area contributed by atoms with Crippen LogP contribution < -0.4 is 11.1 Å². The third kappa shape index (κ3) is 4.82. The summed E-state index contributed by atoms with van der Waals surface area (Å²) in [5.41, 5.74) is 5.58. The van der Waals surface area contributed by atoms with Crippen LogP contribution in [0, 0.1) is 0 Å². The molecule has 0 aliphatic heterocycles. The lowest BCUT2D eigenvalue weighted by Gasteiger charge is -2.23. The quantitative estimate of drug-likeness (QED) is 0.331. The van der Waals surface area contributed by atoms with E-state index in [0.717, 1.165) is 0 Å². The van der Waals surface area contributed by atoms with Crippen molar-refractivity contribution in [3.05, 3.63) is 30.1 Å². The van der Waals surface area contributed by atoms with Gasteiger partial charge in [-0.15, -0.1) is 0 Å². The van der Waals surface area contributed by atoms with E-state index in [1.54, 1.807) is 45.3 Å². The van der Waals surface area contributed by atoms with Gasteiger partial charge in [-0.05, 0) is 38.5 Å². The van der Waals surface area contributed by atoms with E-state index in [1.165, 1.54) is 0 Å². The van der Waals surface area contributed by atoms with E-state index < -0.39 is 17.7 Å². The van der Waals surface area contributed by atoms with E-state index in [2.05, 4.69) is 15.5 Å². The van der Waals surface area contributed by atoms with E-state index in [-0.39, 0.29) is 5.84 Å². The second-order valence-electron chi connectivity index (χ2n) is 4.88. The highest BCUT2D eigenvalue weighted by molar-refractivity contribution is 5.89. The maximum atomic E-state index is 11.7. The number of hydrogen-bond donors (Lipinski definition) is 3. The highest BCUT2D eigenvalue weighted by Gasteiger charge is 2.23. The van der Waals surface area contributed by atoms with Gasteiger partial charge in [-0.2, -0.15) is 0 Å². The van der Waals surface area contributed by atoms with Gasteiger partial charge < -0.3 is 21.0 Å². The molecule has 0 bridgehead atoms. The Morgan fingerprint density at radius 3 is 2.53 bits per heavy atom. The number of amidine groups is 1. The Morgan fingerprint density at radius 2 is 2.05 bits per heavy atom. The summed E-state index contributed by atoms with van der Waals surface area (Å²) in [5, 5.41) is 14.2. The summed E-state index contributed by atoms with van der Waals surface area (Å²) >= 11 is 0. The molecule has 0 saturated heterocycles. The van der Waals surface area contributed by atoms with Crippen molar-refractivity contribution in [3.63, 3.8) is 0 Å². The number of carbonyl (C=O) groups excluding carboxylic acids is 1. The molecule has 7 nitrogen and oxygen atoms in total. The molecule has 0 aliphatic rings. The van der Waals surface area contributed by atoms with Crippen molar-refractivity contribution >= 4 is 11.9 Å². The molecule has 104 valence electrons. The van der Waals surface area contributed by atoms with Crippen LogP contribution in [0.1, 0.15) is 32.4 Å². The Morgan fingerprint density at radius 1 is 1.47 bits per heavy atom. The van der Waals surface area contributed by atoms with E-state index in [9.17, 15) is 4.79 Å². The van der Waals surface area contributed by atoms with Crippen LogP contribution in [0.25, 0.3) is 0 Å². The number of carbonyl (C=O) groups is 1. The highest BCUT2D eigenvalue weighted by Crippen LogP contribution is 2.14. The SMILES string of the molecule is CC(C)(C)OC(=O)N[C@@H](C(N)=NO)c1ccncc1. The molecule has 0 radical (unpaired) electrons. The molecule has 1 rings (SSSR count). The van der Waals surface area contributed by atoms with Gasteiger partial charge in [0.15, 0.2) is 5.84 Å². The predicted octanol–water partition coefficient (Wildman–Crippen LogP) is 1.39. The normalized spacial score (nSPS) is 13.7. The number of hydrogen-bond acceptors (Lipinski definition) is 5. The number of nitrogens with one attached hydrogen (secondary N) is 1. The third-order valence-electron chi connectivity index (χ3n) is 2.11. The van der Waals surface area contributed by atoms with Crippen LogP contribution in [0.2, 0.25) is 0 Å². The van der Waals surface area contributed by atoms with Gasteiger partial charge in [0.25, 0.3) is 0 Å². The Labute approximate surface area is 111 Å². The molecular weight excluding hydrogens is 248 g/mol. The van der Waals surface area contributed by atoms with Crippen molar-refractivity contribution in [2.45, 2.75) is 32.4 Å². The average molecular weight is 266 g/mol. The van der Waals surface area contributed by atoms with Gasteiger partial charge in [0.05, 0.1) is 0 Å². The zero-order chi connectivity index (χ0) is 14.5. The molecule has 0 aromatic carbocycles. The van der Waals surface area contributed by atoms with Gasteiger partial charge in [0, 0.05) is 12.4 Å². The van der Waals surface area contributed by atoms with Crippen molar-refractivity contribution in [2.75, 3.05) is 0 Å². The number of rotatable bonds is 3. The van der Waals surface area contributed by atoms with Crippen LogP contribution in [0.3, 0.4) is 0 Å². The van der Waals surface area contributed by atoms with E-state index >= 15 is 0 Å². The van der Waals surface area contributed by atoms with Crippen molar-refractivity contribution < 1.29 is 14.7 Å². The van der Waals surface area contributed by atoms with Gasteiger partial charge >= 0.3 is 6.09 Å². The largest absolute Gasteiger partial charge is 0.444 e. The van der Waals surface area contributed by atoms with Crippen LogP contribution in [0.4, 0.5) is 4.79 Å². The molecule has 1 amide bonds. The first-order valence-corrected chi connectivity index (χ1v) is 5.70. The molecule has 1 atom stereocenters. The number of pyridine rings is 1. The van der Waals surface area contributed by atoms with Gasteiger partial charge in [-0.25, -0.2) is 4.79 Å². The van der Waals surface area contributed by atoms with Crippen LogP contribution in [-0.2, 0) is 4.74 Å². The van der Waals surface area contributed by atoms with Crippen LogP contribution in [0.5, 0.6) is 0 Å². The zero-order valence-electron chi connectivity index (χ0n) is 11.1. The molecule has 1 heterocycles. The maximum absolute atomic E-state index is 11.7. The first kappa shape index (κ1) is 14.7. The third-order valence-corrected chi connectivity index (χ3v) is 2.11. The summed E-state index contributed by atoms with van der Waals surface area (Å²) in [5.74, 6) is -0.142. The fraction of sp³-hybridized carbons (Fsp3) is 0.417. The monoisotopic (exact) mass is 266 g/mol. The second kappa shape index (κ2) is 6.03. The van der Waals surface area contributed by atoms with E-state index in [0.29, 0.717) is 5.56 Å². The average Bonchev–Trinajstić information content (AvgIpc) is 2.34. The number of alkyl carbamates (subject to hydrolysis) is 1. The summed E-state index contributed by atoms with van der Waals surface area (Å²) in [6.07, 6.45) is 2.44. The number of ether oxygens (including phenoxy) is 1. The summed E-state index contributed by atoms with van der Waals surface area (Å²) in [7, 11) is 0. The molecular formula is C12H18N4O3. The summed E-state index contributed by atoms with van der Waals surface area (Å²) in [6, 6.07) is 2.53. The summed E-state index contributed by atoms with van der Waals surface area (Å²) in [4.78, 5) is 15.6. The van der Waals surface area contributed by atoms with Gasteiger partial charge in [0.2, 0.25) is 0 Å². The first-order valence-electron chi connectivity index (χ1n) is 5.70. The maximum Gasteiger partial charge on any atom is 0.408 e. The standard InChI is InChI=1S/C12H18N4O3/c1-12(2,3)19-11(17)15-9(10(13)16-18)8-4-6-14-7-5-8/h4-7,9,18H,1-3H3,(H2,13,16)(H,15,17)/t9-/m1/s1. The predicted molar refractivity (Wildman–Crippen MR) is 69.8 cm³/mol. The lowest BCUT2D eigenvalue weighted by atomic mass is 10.1. The molecule has 0 aliphatic carbocycles. The minimum Gasteiger partial charge on any atom is -0.444 e. The molecule has 1 aromatic heterocycles. The summed E-state index contributed by atoms with van der Waals surface area (Å²) < 4.78 is 5.13.